The Hall–Kier alpha value is -3.11. The smallest absolute Gasteiger partial charge is 0.397 e. The molecule has 0 spiro atoms. The average Bonchev–Trinajstić information content (AvgIpc) is 3.06. The van der Waals surface area contributed by atoms with Crippen LogP contribution in [0, 0.1) is 0 Å². The van der Waals surface area contributed by atoms with Crippen molar-refractivity contribution in [3.63, 3.8) is 0 Å². The molecule has 0 radical (unpaired) electrons. The van der Waals surface area contributed by atoms with Crippen molar-refractivity contribution in [3.8, 4) is 5.69 Å². The van der Waals surface area contributed by atoms with Crippen molar-refractivity contribution >= 4 is 38.2 Å². The van der Waals surface area contributed by atoms with Crippen LogP contribution < -0.4 is 15.9 Å². The molecule has 0 fully saturated rings. The van der Waals surface area contributed by atoms with Gasteiger partial charge in [-0.25, -0.2) is 4.98 Å². The van der Waals surface area contributed by atoms with Gasteiger partial charge in [-0.1, -0.05) is 31.5 Å². The first-order valence-electron chi connectivity index (χ1n) is 8.19. The highest BCUT2D eigenvalue weighted by atomic mass is 32.2. The molecule has 0 aliphatic carbocycles. The largest absolute Gasteiger partial charge is 0.418 e. The quantitative estimate of drug-likeness (QED) is 0.656. The number of nitrogens with zero attached hydrogens (tertiary/aromatic N) is 3. The molecule has 1 aromatic carbocycles. The minimum atomic E-state index is -4.60. The summed E-state index contributed by atoms with van der Waals surface area (Å²) in [7, 11) is -1.70. The number of hydrogen-bond acceptors (Lipinski definition) is 5. The molecule has 1 aromatic heterocycles. The SMILES string of the molecule is C=C(N)c1cn(-c2cc3c(cc2C(F)(F)F)NC(=C)N(NS(=C)(=C)C)C3=C)cn1. The molecular weight excluding hydrogens is 401 g/mol. The highest BCUT2D eigenvalue weighted by molar-refractivity contribution is 8.25. The van der Waals surface area contributed by atoms with Crippen molar-refractivity contribution < 1.29 is 13.2 Å². The van der Waals surface area contributed by atoms with Gasteiger partial charge in [-0.15, -0.1) is 9.39 Å². The minimum absolute atomic E-state index is 0.119. The van der Waals surface area contributed by atoms with E-state index in [2.05, 4.69) is 46.6 Å². The molecule has 0 amide bonds. The molecule has 10 heteroatoms. The van der Waals surface area contributed by atoms with Gasteiger partial charge in [0.1, 0.15) is 11.5 Å². The van der Waals surface area contributed by atoms with Gasteiger partial charge in [0.05, 0.1) is 29.0 Å². The summed E-state index contributed by atoms with van der Waals surface area (Å²) >= 11 is 0. The number of fused-ring (bicyclic) bond motifs is 1. The van der Waals surface area contributed by atoms with Crippen molar-refractivity contribution in [1.29, 1.82) is 0 Å². The van der Waals surface area contributed by atoms with Crippen LogP contribution in [-0.4, -0.2) is 32.6 Å². The Bertz CT molecular complexity index is 1140. The molecule has 0 saturated carbocycles. The lowest BCUT2D eigenvalue weighted by atomic mass is 10.0. The number of rotatable bonds is 4. The maximum absolute atomic E-state index is 13.8. The van der Waals surface area contributed by atoms with E-state index in [0.717, 1.165) is 6.07 Å². The molecule has 29 heavy (non-hydrogen) atoms. The number of alkyl halides is 3. The van der Waals surface area contributed by atoms with E-state index in [1.54, 1.807) is 0 Å². The van der Waals surface area contributed by atoms with E-state index in [-0.39, 0.29) is 22.8 Å². The molecule has 4 N–H and O–H groups in total. The lowest BCUT2D eigenvalue weighted by Gasteiger charge is -2.37. The Kier molecular flexibility index (Phi) is 4.80. The number of aromatic nitrogens is 2. The second kappa shape index (κ2) is 6.75. The minimum Gasteiger partial charge on any atom is -0.397 e. The fourth-order valence-corrected chi connectivity index (χ4v) is 3.48. The predicted octanol–water partition coefficient (Wildman–Crippen LogP) is 3.71. The fraction of sp³-hybridized carbons (Fsp3) is 0.105. The third-order valence-corrected chi connectivity index (χ3v) is 4.70. The van der Waals surface area contributed by atoms with Crippen molar-refractivity contribution in [2.24, 2.45) is 5.73 Å². The molecule has 6 nitrogen and oxygen atoms in total. The Morgan fingerprint density at radius 1 is 1.28 bits per heavy atom. The van der Waals surface area contributed by atoms with Gasteiger partial charge in [-0.3, -0.25) is 5.01 Å². The maximum atomic E-state index is 13.8. The van der Waals surface area contributed by atoms with Gasteiger partial charge in [0.25, 0.3) is 0 Å². The molecule has 3 rings (SSSR count). The number of hydrogen-bond donors (Lipinski definition) is 3. The Morgan fingerprint density at radius 2 is 1.93 bits per heavy atom. The molecule has 2 aromatic rings. The van der Waals surface area contributed by atoms with Crippen LogP contribution in [0.2, 0.25) is 0 Å². The van der Waals surface area contributed by atoms with Crippen LogP contribution in [0.3, 0.4) is 0 Å². The van der Waals surface area contributed by atoms with E-state index < -0.39 is 21.1 Å². The molecule has 2 heterocycles. The number of imidazole rings is 1. The molecule has 154 valence electrons. The first-order chi connectivity index (χ1) is 13.3. The van der Waals surface area contributed by atoms with Gasteiger partial charge < -0.3 is 15.6 Å². The van der Waals surface area contributed by atoms with E-state index in [0.29, 0.717) is 17.1 Å². The zero-order valence-corrected chi connectivity index (χ0v) is 16.6. The number of nitrogens with one attached hydrogen (secondary N) is 2. The van der Waals surface area contributed by atoms with Crippen molar-refractivity contribution in [1.82, 2.24) is 19.4 Å². The summed E-state index contributed by atoms with van der Waals surface area (Å²) in [6.07, 6.45) is -0.141. The molecule has 0 atom stereocenters. The molecule has 0 bridgehead atoms. The van der Waals surface area contributed by atoms with Gasteiger partial charge in [-0.05, 0) is 18.4 Å². The topological polar surface area (TPSA) is 71.1 Å². The number of benzene rings is 1. The predicted molar refractivity (Wildman–Crippen MR) is 116 cm³/mol. The summed E-state index contributed by atoms with van der Waals surface area (Å²) in [5, 5.41) is 4.42. The normalized spacial score (nSPS) is 14.6. The van der Waals surface area contributed by atoms with Crippen molar-refractivity contribution in [2.45, 2.75) is 6.18 Å². The molecule has 0 saturated heterocycles. The first-order valence-corrected chi connectivity index (χ1v) is 10.6. The van der Waals surface area contributed by atoms with Gasteiger partial charge >= 0.3 is 6.18 Å². The Labute approximate surface area is 167 Å². The van der Waals surface area contributed by atoms with Gasteiger partial charge in [0, 0.05) is 17.4 Å². The second-order valence-corrected chi connectivity index (χ2v) is 9.55. The van der Waals surface area contributed by atoms with Gasteiger partial charge in [-0.2, -0.15) is 18.0 Å². The van der Waals surface area contributed by atoms with E-state index >= 15 is 0 Å². The zero-order chi connectivity index (χ0) is 21.7. The van der Waals surface area contributed by atoms with E-state index in [4.69, 9.17) is 5.73 Å². The zero-order valence-electron chi connectivity index (χ0n) is 15.8. The van der Waals surface area contributed by atoms with Crippen LogP contribution >= 0.6 is 9.39 Å². The second-order valence-electron chi connectivity index (χ2n) is 6.82. The third-order valence-electron chi connectivity index (χ3n) is 4.07. The monoisotopic (exact) mass is 422 g/mol. The highest BCUT2D eigenvalue weighted by Crippen LogP contribution is 2.42. The average molecular weight is 422 g/mol. The van der Waals surface area contributed by atoms with Crippen LogP contribution in [0.4, 0.5) is 18.9 Å². The first kappa shape index (κ1) is 20.6. The molecule has 0 unspecified atom stereocenters. The van der Waals surface area contributed by atoms with Gasteiger partial charge in [0.2, 0.25) is 0 Å². The van der Waals surface area contributed by atoms with E-state index in [9.17, 15) is 13.2 Å². The Balaban J connectivity index is 2.19. The highest BCUT2D eigenvalue weighted by Gasteiger charge is 2.37. The van der Waals surface area contributed by atoms with Crippen molar-refractivity contribution in [2.75, 3.05) is 11.6 Å². The fourth-order valence-electron chi connectivity index (χ4n) is 2.82. The van der Waals surface area contributed by atoms with Crippen LogP contribution in [0.15, 0.2) is 50.2 Å². The summed E-state index contributed by atoms with van der Waals surface area (Å²) in [5.74, 6) is 8.22. The number of anilines is 1. The summed E-state index contributed by atoms with van der Waals surface area (Å²) in [4.78, 5) is 7.09. The van der Waals surface area contributed by atoms with Crippen LogP contribution in [0.1, 0.15) is 16.8 Å². The van der Waals surface area contributed by atoms with E-state index in [1.807, 2.05) is 6.26 Å². The molecule has 1 aliphatic heterocycles. The summed E-state index contributed by atoms with van der Waals surface area (Å²) in [6, 6.07) is 2.41. The summed E-state index contributed by atoms with van der Waals surface area (Å²) in [5.41, 5.74) is 6.19. The maximum Gasteiger partial charge on any atom is 0.418 e. The Morgan fingerprint density at radius 3 is 2.45 bits per heavy atom. The summed E-state index contributed by atoms with van der Waals surface area (Å²) < 4.78 is 42.6. The van der Waals surface area contributed by atoms with Gasteiger partial charge in [0.15, 0.2) is 0 Å². The molecule has 1 aliphatic rings. The third kappa shape index (κ3) is 4.03. The number of nitrogens with two attached hydrogens (primary N) is 1. The van der Waals surface area contributed by atoms with Crippen molar-refractivity contribution in [3.05, 3.63) is 67.0 Å². The number of halogens is 3. The van der Waals surface area contributed by atoms with E-state index in [1.165, 1.54) is 28.2 Å². The lowest BCUT2D eigenvalue weighted by molar-refractivity contribution is -0.137. The standard InChI is InChI=1S/C19H21F3N6S/c1-11(23)17-9-27(10-24-17)18-7-14-12(2)28(26-29(4,5)6)13(3)25-16(14)8-15(18)19(20,21)22/h7-10,25-26H,1-5,23H2,6H3. The lowest BCUT2D eigenvalue weighted by Crippen LogP contribution is -2.38. The molecular formula is C19H21F3N6S. The van der Waals surface area contributed by atoms with Crippen LogP contribution in [0.5, 0.6) is 0 Å². The van der Waals surface area contributed by atoms with Crippen LogP contribution in [0.25, 0.3) is 17.1 Å². The number of hydrazine groups is 1. The van der Waals surface area contributed by atoms with Crippen LogP contribution in [-0.2, 0) is 6.18 Å². The summed E-state index contributed by atoms with van der Waals surface area (Å²) in [6.45, 7) is 11.4.